The minimum atomic E-state index is 0. The summed E-state index contributed by atoms with van der Waals surface area (Å²) in [6.07, 6.45) is 5.37. The molecule has 2 aromatic rings. The van der Waals surface area contributed by atoms with Gasteiger partial charge in [0.1, 0.15) is 0 Å². The topological polar surface area (TPSA) is 44.6 Å². The van der Waals surface area contributed by atoms with Crippen molar-refractivity contribution in [3.05, 3.63) is 53.3 Å². The van der Waals surface area contributed by atoms with Crippen LogP contribution in [-0.2, 0) is 6.54 Å². The van der Waals surface area contributed by atoms with Crippen molar-refractivity contribution in [3.8, 4) is 0 Å². The fourth-order valence-electron chi connectivity index (χ4n) is 3.25. The number of aromatic nitrogens is 1. The van der Waals surface area contributed by atoms with Crippen LogP contribution in [-0.4, -0.2) is 43.3 Å². The van der Waals surface area contributed by atoms with E-state index in [1.54, 1.807) is 0 Å². The Bertz CT molecular complexity index is 687. The molecule has 1 aromatic carbocycles. The molecule has 2 N–H and O–H groups in total. The molecule has 0 amide bonds. The van der Waals surface area contributed by atoms with Crippen molar-refractivity contribution in [3.63, 3.8) is 0 Å². The van der Waals surface area contributed by atoms with Gasteiger partial charge in [-0.25, -0.2) is 0 Å². The number of hydrogen-bond donors (Lipinski definition) is 2. The van der Waals surface area contributed by atoms with Crippen LogP contribution >= 0.6 is 39.9 Å². The fourth-order valence-corrected chi connectivity index (χ4v) is 3.52. The molecule has 0 bridgehead atoms. The van der Waals surface area contributed by atoms with Gasteiger partial charge in [-0.1, -0.05) is 15.9 Å². The number of hydrogen-bond acceptors (Lipinski definition) is 2. The average molecular weight is 546 g/mol. The number of rotatable bonds is 7. The molecule has 27 heavy (non-hydrogen) atoms. The number of halogens is 2. The average Bonchev–Trinajstić information content (AvgIpc) is 3.32. The molecule has 1 atom stereocenters. The fraction of sp³-hybridized carbons (Fsp3) is 0.450. The molecule has 0 radical (unpaired) electrons. The van der Waals surface area contributed by atoms with Gasteiger partial charge in [-0.2, -0.15) is 0 Å². The summed E-state index contributed by atoms with van der Waals surface area (Å²) >= 11 is 3.50. The summed E-state index contributed by atoms with van der Waals surface area (Å²) in [5.41, 5.74) is 1.30. The number of anilines is 1. The Labute approximate surface area is 187 Å². The highest BCUT2D eigenvalue weighted by Gasteiger charge is 2.22. The largest absolute Gasteiger partial charge is 0.371 e. The van der Waals surface area contributed by atoms with Crippen LogP contribution in [0.5, 0.6) is 0 Å². The molecule has 0 spiro atoms. The van der Waals surface area contributed by atoms with Gasteiger partial charge >= 0.3 is 0 Å². The second-order valence-electron chi connectivity index (χ2n) is 6.64. The second-order valence-corrected chi connectivity index (χ2v) is 7.56. The van der Waals surface area contributed by atoms with Gasteiger partial charge in [-0.05, 0) is 55.7 Å². The molecule has 7 heteroatoms. The summed E-state index contributed by atoms with van der Waals surface area (Å²) in [6, 6.07) is 12.7. The molecule has 3 rings (SSSR count). The van der Waals surface area contributed by atoms with Crippen LogP contribution in [0.15, 0.2) is 58.3 Å². The molecule has 148 valence electrons. The monoisotopic (exact) mass is 545 g/mol. The molecule has 1 aliphatic heterocycles. The number of nitrogens with one attached hydrogen (secondary N) is 2. The van der Waals surface area contributed by atoms with E-state index < -0.39 is 0 Å². The molecule has 5 nitrogen and oxygen atoms in total. The molecule has 1 aliphatic rings. The summed E-state index contributed by atoms with van der Waals surface area (Å²) in [6.45, 7) is 7.85. The smallest absolute Gasteiger partial charge is 0.191 e. The molecule has 1 aromatic heterocycles. The van der Waals surface area contributed by atoms with Crippen LogP contribution in [0.2, 0.25) is 0 Å². The summed E-state index contributed by atoms with van der Waals surface area (Å²) in [5.74, 6) is 1.53. The van der Waals surface area contributed by atoms with Crippen LogP contribution in [0.25, 0.3) is 0 Å². The Morgan fingerprint density at radius 3 is 2.63 bits per heavy atom. The highest BCUT2D eigenvalue weighted by molar-refractivity contribution is 14.0. The van der Waals surface area contributed by atoms with Gasteiger partial charge in [-0.15, -0.1) is 24.0 Å². The van der Waals surface area contributed by atoms with Crippen molar-refractivity contribution in [2.75, 3.05) is 37.6 Å². The van der Waals surface area contributed by atoms with E-state index in [2.05, 4.69) is 91.7 Å². The Morgan fingerprint density at radius 1 is 1.19 bits per heavy atom. The highest BCUT2D eigenvalue weighted by atomic mass is 127. The van der Waals surface area contributed by atoms with E-state index in [9.17, 15) is 0 Å². The Balaban J connectivity index is 0.00000261. The molecule has 1 saturated heterocycles. The van der Waals surface area contributed by atoms with Crippen molar-refractivity contribution in [1.29, 1.82) is 0 Å². The molecule has 2 heterocycles. The Kier molecular flexibility index (Phi) is 9.47. The molecular weight excluding hydrogens is 517 g/mol. The van der Waals surface area contributed by atoms with Crippen LogP contribution in [0.4, 0.5) is 5.69 Å². The molecule has 0 saturated carbocycles. The van der Waals surface area contributed by atoms with Gasteiger partial charge in [0.25, 0.3) is 0 Å². The van der Waals surface area contributed by atoms with Crippen LogP contribution in [0.1, 0.15) is 13.3 Å². The third-order valence-corrected chi connectivity index (χ3v) is 5.19. The first-order valence-corrected chi connectivity index (χ1v) is 10.2. The van der Waals surface area contributed by atoms with Crippen molar-refractivity contribution in [1.82, 2.24) is 15.2 Å². The predicted octanol–water partition coefficient (Wildman–Crippen LogP) is 3.95. The zero-order chi connectivity index (χ0) is 18.2. The van der Waals surface area contributed by atoms with E-state index in [0.717, 1.165) is 49.7 Å². The van der Waals surface area contributed by atoms with Crippen LogP contribution in [0, 0.1) is 5.92 Å². The standard InChI is InChI=1S/C20H28BrN5.HI/c1-2-22-20(23-10-14-25-11-3-4-12-25)24-15-17-9-13-26(16-17)19-7-5-18(21)6-8-19;/h3-8,11-12,17H,2,9-10,13-16H2,1H3,(H2,22,23,24);1H. The maximum absolute atomic E-state index is 4.81. The molecular formula is C20H29BrIN5. The van der Waals surface area contributed by atoms with E-state index in [1.165, 1.54) is 12.1 Å². The quantitative estimate of drug-likeness (QED) is 0.314. The normalized spacial score (nSPS) is 16.9. The minimum absolute atomic E-state index is 0. The van der Waals surface area contributed by atoms with Gasteiger partial charge in [0.05, 0.1) is 0 Å². The third-order valence-electron chi connectivity index (χ3n) is 4.66. The lowest BCUT2D eigenvalue weighted by Crippen LogP contribution is -2.39. The molecule has 1 fully saturated rings. The number of nitrogens with zero attached hydrogens (tertiary/aromatic N) is 3. The van der Waals surface area contributed by atoms with E-state index in [-0.39, 0.29) is 24.0 Å². The predicted molar refractivity (Wildman–Crippen MR) is 128 cm³/mol. The Hall–Kier alpha value is -1.22. The lowest BCUT2D eigenvalue weighted by Gasteiger charge is -2.18. The minimum Gasteiger partial charge on any atom is -0.371 e. The van der Waals surface area contributed by atoms with Gasteiger partial charge in [0.2, 0.25) is 0 Å². The SMILES string of the molecule is CCNC(=NCC1CCN(c2ccc(Br)cc2)C1)NCCn1cccc1.I. The first kappa shape index (κ1) is 22.1. The first-order chi connectivity index (χ1) is 12.7. The maximum atomic E-state index is 4.81. The highest BCUT2D eigenvalue weighted by Crippen LogP contribution is 2.25. The van der Waals surface area contributed by atoms with Crippen LogP contribution < -0.4 is 15.5 Å². The van der Waals surface area contributed by atoms with Crippen molar-refractivity contribution in [2.45, 2.75) is 19.9 Å². The van der Waals surface area contributed by atoms with Crippen molar-refractivity contribution in [2.24, 2.45) is 10.9 Å². The van der Waals surface area contributed by atoms with E-state index >= 15 is 0 Å². The summed E-state index contributed by atoms with van der Waals surface area (Å²) in [7, 11) is 0. The second kappa shape index (κ2) is 11.6. The molecule has 0 aliphatic carbocycles. The van der Waals surface area contributed by atoms with Crippen molar-refractivity contribution < 1.29 is 0 Å². The number of aliphatic imine (C=N–C) groups is 1. The lowest BCUT2D eigenvalue weighted by atomic mass is 10.1. The maximum Gasteiger partial charge on any atom is 0.191 e. The lowest BCUT2D eigenvalue weighted by molar-refractivity contribution is 0.596. The number of benzene rings is 1. The van der Waals surface area contributed by atoms with Crippen molar-refractivity contribution >= 4 is 51.6 Å². The molecule has 1 unspecified atom stereocenters. The van der Waals surface area contributed by atoms with Crippen LogP contribution in [0.3, 0.4) is 0 Å². The van der Waals surface area contributed by atoms with Gasteiger partial charge in [0, 0.05) is 61.8 Å². The summed E-state index contributed by atoms with van der Waals surface area (Å²) in [4.78, 5) is 7.26. The first-order valence-electron chi connectivity index (χ1n) is 9.38. The van der Waals surface area contributed by atoms with E-state index in [1.807, 2.05) is 0 Å². The Morgan fingerprint density at radius 2 is 1.93 bits per heavy atom. The zero-order valence-corrected chi connectivity index (χ0v) is 19.7. The third kappa shape index (κ3) is 7.03. The van der Waals surface area contributed by atoms with Gasteiger partial charge in [0.15, 0.2) is 5.96 Å². The summed E-state index contributed by atoms with van der Waals surface area (Å²) in [5, 5.41) is 6.78. The van der Waals surface area contributed by atoms with E-state index in [0.29, 0.717) is 5.92 Å². The summed E-state index contributed by atoms with van der Waals surface area (Å²) < 4.78 is 3.30. The number of guanidine groups is 1. The van der Waals surface area contributed by atoms with Gasteiger partial charge < -0.3 is 20.1 Å². The van der Waals surface area contributed by atoms with Gasteiger partial charge in [-0.3, -0.25) is 4.99 Å². The van der Waals surface area contributed by atoms with E-state index in [4.69, 9.17) is 4.99 Å². The zero-order valence-electron chi connectivity index (χ0n) is 15.8.